The van der Waals surface area contributed by atoms with E-state index in [0.717, 1.165) is 0 Å². The molecule has 0 fully saturated rings. The van der Waals surface area contributed by atoms with Crippen LogP contribution in [0.2, 0.25) is 0 Å². The minimum atomic E-state index is 1.22. The van der Waals surface area contributed by atoms with Crippen LogP contribution in [0.15, 0.2) is 12.4 Å². The van der Waals surface area contributed by atoms with Crippen molar-refractivity contribution in [1.29, 1.82) is 0 Å². The summed E-state index contributed by atoms with van der Waals surface area (Å²) in [4.78, 5) is 0. The number of aromatic nitrogens is 2. The molecular formula is C25H49N2+. The molecule has 0 amide bonds. The highest BCUT2D eigenvalue weighted by Gasteiger charge is 2.16. The normalized spacial score (nSPS) is 11.4. The van der Waals surface area contributed by atoms with E-state index >= 15 is 0 Å². The van der Waals surface area contributed by atoms with E-state index in [1.54, 1.807) is 5.82 Å². The Bertz CT molecular complexity index is 404. The van der Waals surface area contributed by atoms with Gasteiger partial charge in [-0.1, -0.05) is 91.4 Å². The van der Waals surface area contributed by atoms with Crippen LogP contribution in [0.25, 0.3) is 0 Å². The molecule has 0 saturated carbocycles. The predicted octanol–water partition coefficient (Wildman–Crippen LogP) is 7.62. The zero-order chi connectivity index (χ0) is 19.6. The molecule has 27 heavy (non-hydrogen) atoms. The summed E-state index contributed by atoms with van der Waals surface area (Å²) in [5, 5.41) is 0. The Morgan fingerprint density at radius 2 is 1.15 bits per heavy atom. The van der Waals surface area contributed by atoms with Gasteiger partial charge in [-0.25, -0.2) is 9.13 Å². The van der Waals surface area contributed by atoms with Crippen molar-refractivity contribution < 1.29 is 4.57 Å². The molecule has 2 heteroatoms. The minimum Gasteiger partial charge on any atom is -0.234 e. The number of hydrogen-bond acceptors (Lipinski definition) is 0. The van der Waals surface area contributed by atoms with E-state index < -0.39 is 0 Å². The van der Waals surface area contributed by atoms with E-state index in [0.29, 0.717) is 0 Å². The largest absolute Gasteiger partial charge is 0.256 e. The summed E-state index contributed by atoms with van der Waals surface area (Å²) in [6.45, 7) is 9.34. The van der Waals surface area contributed by atoms with Crippen molar-refractivity contribution in [2.75, 3.05) is 0 Å². The fourth-order valence-electron chi connectivity index (χ4n) is 4.03. The van der Waals surface area contributed by atoms with Crippen molar-refractivity contribution in [3.05, 3.63) is 18.2 Å². The molecule has 0 spiro atoms. The summed E-state index contributed by atoms with van der Waals surface area (Å²) in [7, 11) is 0. The monoisotopic (exact) mass is 377 g/mol. The molecule has 2 nitrogen and oxygen atoms in total. The van der Waals surface area contributed by atoms with Crippen LogP contribution < -0.4 is 4.57 Å². The van der Waals surface area contributed by atoms with Crippen LogP contribution in [0.3, 0.4) is 0 Å². The third-order valence-corrected chi connectivity index (χ3v) is 5.85. The summed E-state index contributed by atoms with van der Waals surface area (Å²) in [6, 6.07) is 0. The molecule has 158 valence electrons. The maximum Gasteiger partial charge on any atom is 0.256 e. The lowest BCUT2D eigenvalue weighted by Crippen LogP contribution is -2.37. The Labute approximate surface area is 170 Å². The quantitative estimate of drug-likeness (QED) is 0.173. The number of imidazole rings is 1. The molecule has 0 radical (unpaired) electrons. The predicted molar refractivity (Wildman–Crippen MR) is 119 cm³/mol. The first-order valence-electron chi connectivity index (χ1n) is 12.4. The third kappa shape index (κ3) is 11.6. The highest BCUT2D eigenvalue weighted by atomic mass is 15.1. The molecule has 0 aliphatic rings. The second kappa shape index (κ2) is 17.3. The van der Waals surface area contributed by atoms with Crippen molar-refractivity contribution in [3.8, 4) is 0 Å². The molecule has 0 N–H and O–H groups in total. The number of unbranched alkanes of at least 4 members (excludes halogenated alkanes) is 13. The first-order valence-corrected chi connectivity index (χ1v) is 12.4. The Morgan fingerprint density at radius 1 is 0.630 bits per heavy atom. The van der Waals surface area contributed by atoms with E-state index in [9.17, 15) is 0 Å². The van der Waals surface area contributed by atoms with Gasteiger partial charge >= 0.3 is 0 Å². The van der Waals surface area contributed by atoms with Gasteiger partial charge in [0.15, 0.2) is 0 Å². The van der Waals surface area contributed by atoms with Crippen LogP contribution in [0, 0.1) is 0 Å². The average Bonchev–Trinajstić information content (AvgIpc) is 3.06. The Balaban J connectivity index is 2.46. The van der Waals surface area contributed by atoms with Crippen molar-refractivity contribution in [2.45, 2.75) is 143 Å². The second-order valence-electron chi connectivity index (χ2n) is 8.45. The first kappa shape index (κ1) is 24.2. The van der Waals surface area contributed by atoms with Crippen LogP contribution in [0.1, 0.15) is 129 Å². The number of rotatable bonds is 19. The highest BCUT2D eigenvalue weighted by Crippen LogP contribution is 2.11. The molecule has 0 bridgehead atoms. The Morgan fingerprint density at radius 3 is 1.78 bits per heavy atom. The van der Waals surface area contributed by atoms with Crippen LogP contribution in [-0.4, -0.2) is 4.57 Å². The van der Waals surface area contributed by atoms with Crippen LogP contribution >= 0.6 is 0 Å². The molecule has 0 aliphatic carbocycles. The van der Waals surface area contributed by atoms with Crippen molar-refractivity contribution >= 4 is 0 Å². The van der Waals surface area contributed by atoms with Crippen LogP contribution in [0.4, 0.5) is 0 Å². The fraction of sp³-hybridized carbons (Fsp3) is 0.880. The van der Waals surface area contributed by atoms with Crippen molar-refractivity contribution in [3.63, 3.8) is 0 Å². The summed E-state index contributed by atoms with van der Waals surface area (Å²) in [6.07, 6.45) is 28.1. The lowest BCUT2D eigenvalue weighted by molar-refractivity contribution is -0.704. The van der Waals surface area contributed by atoms with Gasteiger partial charge < -0.3 is 0 Å². The van der Waals surface area contributed by atoms with Gasteiger partial charge in [-0.05, 0) is 32.1 Å². The number of aryl methyl sites for hydroxylation is 2. The number of nitrogens with zero attached hydrogens (tertiary/aromatic N) is 2. The molecule has 1 rings (SSSR count). The van der Waals surface area contributed by atoms with Gasteiger partial charge in [0, 0.05) is 6.42 Å². The molecule has 1 aromatic rings. The molecule has 0 atom stereocenters. The first-order chi connectivity index (χ1) is 13.3. The summed E-state index contributed by atoms with van der Waals surface area (Å²) >= 11 is 0. The van der Waals surface area contributed by atoms with Gasteiger partial charge in [0.1, 0.15) is 12.4 Å². The van der Waals surface area contributed by atoms with Crippen LogP contribution in [0.5, 0.6) is 0 Å². The summed E-state index contributed by atoms with van der Waals surface area (Å²) in [5.41, 5.74) is 0. The Hall–Kier alpha value is -0.790. The van der Waals surface area contributed by atoms with Crippen molar-refractivity contribution in [1.82, 2.24) is 4.57 Å². The van der Waals surface area contributed by atoms with Gasteiger partial charge in [-0.2, -0.15) is 0 Å². The van der Waals surface area contributed by atoms with E-state index in [2.05, 4.69) is 42.3 Å². The van der Waals surface area contributed by atoms with E-state index in [1.165, 1.54) is 122 Å². The van der Waals surface area contributed by atoms with Gasteiger partial charge in [0.2, 0.25) is 0 Å². The standard InChI is InChI=1S/C25H49N2/c1-4-7-10-13-14-17-20-25-26(21-18-15-11-8-5-2)23-24-27(25)22-19-16-12-9-6-3/h23-24H,4-22H2,1-3H3/q+1. The van der Waals surface area contributed by atoms with Gasteiger partial charge in [0.25, 0.3) is 5.82 Å². The fourth-order valence-corrected chi connectivity index (χ4v) is 4.03. The highest BCUT2D eigenvalue weighted by molar-refractivity contribution is 4.84. The van der Waals surface area contributed by atoms with Gasteiger partial charge in [-0.3, -0.25) is 0 Å². The molecule has 1 heterocycles. The minimum absolute atomic E-state index is 1.22. The zero-order valence-corrected chi connectivity index (χ0v) is 19.0. The molecular weight excluding hydrogens is 328 g/mol. The molecule has 0 aliphatic heterocycles. The maximum absolute atomic E-state index is 2.57. The number of hydrogen-bond donors (Lipinski definition) is 0. The summed E-state index contributed by atoms with van der Waals surface area (Å²) < 4.78 is 5.15. The third-order valence-electron chi connectivity index (χ3n) is 5.85. The zero-order valence-electron chi connectivity index (χ0n) is 19.0. The second-order valence-corrected chi connectivity index (χ2v) is 8.45. The molecule has 1 aromatic heterocycles. The van der Waals surface area contributed by atoms with Gasteiger partial charge in [-0.15, -0.1) is 0 Å². The topological polar surface area (TPSA) is 8.81 Å². The smallest absolute Gasteiger partial charge is 0.234 e. The lowest BCUT2D eigenvalue weighted by atomic mass is 10.1. The lowest BCUT2D eigenvalue weighted by Gasteiger charge is -2.06. The molecule has 0 aromatic carbocycles. The van der Waals surface area contributed by atoms with Crippen LogP contribution in [-0.2, 0) is 19.5 Å². The molecule has 0 saturated heterocycles. The van der Waals surface area contributed by atoms with Gasteiger partial charge in [0.05, 0.1) is 13.1 Å². The Kier molecular flexibility index (Phi) is 15.6. The van der Waals surface area contributed by atoms with E-state index in [-0.39, 0.29) is 0 Å². The van der Waals surface area contributed by atoms with E-state index in [1.807, 2.05) is 0 Å². The average molecular weight is 378 g/mol. The maximum atomic E-state index is 2.57. The SMILES string of the molecule is CCCCCCCCc1n(CCCCCCC)cc[n+]1CCCCCCC. The molecule has 0 unspecified atom stereocenters. The van der Waals surface area contributed by atoms with Crippen molar-refractivity contribution in [2.24, 2.45) is 0 Å². The summed E-state index contributed by atoms with van der Waals surface area (Å²) in [5.74, 6) is 1.59. The van der Waals surface area contributed by atoms with E-state index in [4.69, 9.17) is 0 Å².